The second-order valence-electron chi connectivity index (χ2n) is 5.44. The van der Waals surface area contributed by atoms with E-state index >= 15 is 0 Å². The Labute approximate surface area is 131 Å². The number of carbonyl (C=O) groups is 2. The summed E-state index contributed by atoms with van der Waals surface area (Å²) in [6.45, 7) is 2.43. The Balaban J connectivity index is 2.03. The van der Waals surface area contributed by atoms with Crippen LogP contribution in [-0.4, -0.2) is 40.5 Å². The molecule has 2 unspecified atom stereocenters. The third-order valence-corrected chi connectivity index (χ3v) is 3.89. The highest BCUT2D eigenvalue weighted by Gasteiger charge is 2.46. The summed E-state index contributed by atoms with van der Waals surface area (Å²) in [6, 6.07) is 1.63. The van der Waals surface area contributed by atoms with Crippen LogP contribution >= 0.6 is 0 Å². The highest BCUT2D eigenvalue weighted by atomic mass is 19.4. The van der Waals surface area contributed by atoms with Crippen molar-refractivity contribution in [2.24, 2.45) is 5.92 Å². The molecule has 0 saturated carbocycles. The summed E-state index contributed by atoms with van der Waals surface area (Å²) in [5.41, 5.74) is 0.847. The van der Waals surface area contributed by atoms with E-state index in [-0.39, 0.29) is 12.8 Å². The van der Waals surface area contributed by atoms with Gasteiger partial charge < -0.3 is 10.2 Å². The molecule has 126 valence electrons. The van der Waals surface area contributed by atoms with Gasteiger partial charge in [-0.1, -0.05) is 0 Å². The van der Waals surface area contributed by atoms with Crippen molar-refractivity contribution in [1.29, 1.82) is 0 Å². The molecule has 1 aromatic heterocycles. The summed E-state index contributed by atoms with van der Waals surface area (Å²) in [5, 5.41) is 1.91. The first kappa shape index (κ1) is 17.2. The van der Waals surface area contributed by atoms with Crippen molar-refractivity contribution in [2.45, 2.75) is 38.5 Å². The van der Waals surface area contributed by atoms with Crippen LogP contribution < -0.4 is 5.32 Å². The van der Waals surface area contributed by atoms with Gasteiger partial charge >= 0.3 is 6.18 Å². The first-order valence-electron chi connectivity index (χ1n) is 7.37. The molecule has 2 rings (SSSR count). The summed E-state index contributed by atoms with van der Waals surface area (Å²) in [5.74, 6) is -2.35. The van der Waals surface area contributed by atoms with E-state index in [0.717, 1.165) is 5.56 Å². The normalized spacial score (nSPS) is 21.7. The van der Waals surface area contributed by atoms with E-state index in [1.165, 1.54) is 4.90 Å². The molecule has 5 nitrogen and oxygen atoms in total. The van der Waals surface area contributed by atoms with E-state index in [9.17, 15) is 22.8 Å². The summed E-state index contributed by atoms with van der Waals surface area (Å²) in [4.78, 5) is 29.7. The summed E-state index contributed by atoms with van der Waals surface area (Å²) < 4.78 is 37.9. The van der Waals surface area contributed by atoms with E-state index in [1.54, 1.807) is 31.5 Å². The van der Waals surface area contributed by atoms with Crippen LogP contribution in [-0.2, 0) is 16.1 Å². The molecule has 2 amide bonds. The number of alkyl halides is 3. The number of nitrogens with zero attached hydrogens (tertiary/aromatic N) is 2. The molecule has 0 radical (unpaired) electrons. The molecule has 23 heavy (non-hydrogen) atoms. The Kier molecular flexibility index (Phi) is 5.23. The SMILES string of the molecule is CCN(Cc1ccncc1)C(=O)C1CCC(C(F)(F)F)NC1=O. The predicted molar refractivity (Wildman–Crippen MR) is 76.0 cm³/mol. The molecule has 0 aliphatic carbocycles. The van der Waals surface area contributed by atoms with Gasteiger partial charge in [-0.05, 0) is 37.5 Å². The van der Waals surface area contributed by atoms with Crippen LogP contribution in [0.5, 0.6) is 0 Å². The van der Waals surface area contributed by atoms with Gasteiger partial charge in [-0.3, -0.25) is 14.6 Å². The lowest BCUT2D eigenvalue weighted by Gasteiger charge is -2.32. The number of halogens is 3. The van der Waals surface area contributed by atoms with Crippen molar-refractivity contribution in [3.05, 3.63) is 30.1 Å². The quantitative estimate of drug-likeness (QED) is 0.858. The summed E-state index contributed by atoms with van der Waals surface area (Å²) in [7, 11) is 0. The van der Waals surface area contributed by atoms with Gasteiger partial charge in [0.25, 0.3) is 0 Å². The fourth-order valence-electron chi connectivity index (χ4n) is 2.56. The molecule has 1 N–H and O–H groups in total. The van der Waals surface area contributed by atoms with E-state index in [4.69, 9.17) is 0 Å². The van der Waals surface area contributed by atoms with E-state index in [0.29, 0.717) is 13.1 Å². The third kappa shape index (κ3) is 4.20. The smallest absolute Gasteiger partial charge is 0.344 e. The van der Waals surface area contributed by atoms with Gasteiger partial charge in [0.1, 0.15) is 12.0 Å². The van der Waals surface area contributed by atoms with E-state index < -0.39 is 30.0 Å². The second kappa shape index (κ2) is 6.97. The molecule has 1 aliphatic rings. The van der Waals surface area contributed by atoms with Crippen molar-refractivity contribution >= 4 is 11.8 Å². The van der Waals surface area contributed by atoms with Gasteiger partial charge in [-0.15, -0.1) is 0 Å². The van der Waals surface area contributed by atoms with Crippen molar-refractivity contribution in [1.82, 2.24) is 15.2 Å². The largest absolute Gasteiger partial charge is 0.408 e. The minimum absolute atomic E-state index is 0.0955. The molecule has 0 bridgehead atoms. The zero-order valence-electron chi connectivity index (χ0n) is 12.6. The van der Waals surface area contributed by atoms with Crippen LogP contribution in [0.15, 0.2) is 24.5 Å². The van der Waals surface area contributed by atoms with Crippen molar-refractivity contribution in [2.75, 3.05) is 6.54 Å². The third-order valence-electron chi connectivity index (χ3n) is 3.89. The van der Waals surface area contributed by atoms with Crippen LogP contribution in [0.3, 0.4) is 0 Å². The van der Waals surface area contributed by atoms with Gasteiger partial charge in [0.05, 0.1) is 0 Å². The lowest BCUT2D eigenvalue weighted by molar-refractivity contribution is -0.172. The summed E-state index contributed by atoms with van der Waals surface area (Å²) >= 11 is 0. The minimum atomic E-state index is -4.48. The Bertz CT molecular complexity index is 563. The fraction of sp³-hybridized carbons (Fsp3) is 0.533. The topological polar surface area (TPSA) is 62.3 Å². The maximum atomic E-state index is 12.6. The number of carbonyl (C=O) groups excluding carboxylic acids is 2. The Morgan fingerprint density at radius 1 is 1.35 bits per heavy atom. The van der Waals surface area contributed by atoms with E-state index in [1.807, 2.05) is 5.32 Å². The van der Waals surface area contributed by atoms with Crippen LogP contribution in [0.4, 0.5) is 13.2 Å². The maximum Gasteiger partial charge on any atom is 0.408 e. The molecule has 1 fully saturated rings. The van der Waals surface area contributed by atoms with Gasteiger partial charge in [-0.2, -0.15) is 13.2 Å². The van der Waals surface area contributed by atoms with Gasteiger partial charge in [-0.25, -0.2) is 0 Å². The number of aromatic nitrogens is 1. The molecule has 2 atom stereocenters. The van der Waals surface area contributed by atoms with E-state index in [2.05, 4.69) is 4.98 Å². The average Bonchev–Trinajstić information content (AvgIpc) is 2.52. The Hall–Kier alpha value is -2.12. The number of hydrogen-bond acceptors (Lipinski definition) is 3. The van der Waals surface area contributed by atoms with Crippen molar-refractivity contribution in [3.63, 3.8) is 0 Å². The highest BCUT2D eigenvalue weighted by molar-refractivity contribution is 6.00. The van der Waals surface area contributed by atoms with Crippen LogP contribution in [0.25, 0.3) is 0 Å². The average molecular weight is 329 g/mol. The maximum absolute atomic E-state index is 12.6. The number of nitrogens with one attached hydrogen (secondary N) is 1. The predicted octanol–water partition coefficient (Wildman–Crippen LogP) is 1.89. The van der Waals surface area contributed by atoms with Gasteiger partial charge in [0.15, 0.2) is 0 Å². The monoisotopic (exact) mass is 329 g/mol. The van der Waals surface area contributed by atoms with Crippen LogP contribution in [0, 0.1) is 5.92 Å². The molecule has 1 saturated heterocycles. The standard InChI is InChI=1S/C15H18F3N3O2/c1-2-21(9-10-5-7-19-8-6-10)14(23)11-3-4-12(15(16,17)18)20-13(11)22/h5-8,11-12H,2-4,9H2,1H3,(H,20,22). The number of hydrogen-bond donors (Lipinski definition) is 1. The first-order chi connectivity index (χ1) is 10.8. The van der Waals surface area contributed by atoms with Crippen LogP contribution in [0.2, 0.25) is 0 Å². The Morgan fingerprint density at radius 2 is 2.00 bits per heavy atom. The Morgan fingerprint density at radius 3 is 2.52 bits per heavy atom. The molecular formula is C15H18F3N3O2. The number of amides is 2. The molecular weight excluding hydrogens is 311 g/mol. The molecule has 1 aromatic rings. The first-order valence-corrected chi connectivity index (χ1v) is 7.37. The molecule has 0 spiro atoms. The zero-order chi connectivity index (χ0) is 17.0. The number of rotatable bonds is 4. The molecule has 1 aliphatic heterocycles. The van der Waals surface area contributed by atoms with Crippen molar-refractivity contribution < 1.29 is 22.8 Å². The zero-order valence-corrected chi connectivity index (χ0v) is 12.6. The van der Waals surface area contributed by atoms with Crippen LogP contribution in [0.1, 0.15) is 25.3 Å². The second-order valence-corrected chi connectivity index (χ2v) is 5.44. The summed E-state index contributed by atoms with van der Waals surface area (Å²) in [6.07, 6.45) is -1.67. The number of piperidine rings is 1. The highest BCUT2D eigenvalue weighted by Crippen LogP contribution is 2.29. The molecule has 0 aromatic carbocycles. The lowest BCUT2D eigenvalue weighted by atomic mass is 9.92. The molecule has 8 heteroatoms. The van der Waals surface area contributed by atoms with Gasteiger partial charge in [0.2, 0.25) is 11.8 Å². The fourth-order valence-corrected chi connectivity index (χ4v) is 2.56. The van der Waals surface area contributed by atoms with Crippen molar-refractivity contribution in [3.8, 4) is 0 Å². The van der Waals surface area contributed by atoms with Gasteiger partial charge in [0, 0.05) is 25.5 Å². The minimum Gasteiger partial charge on any atom is -0.344 e. The molecule has 2 heterocycles. The lowest BCUT2D eigenvalue weighted by Crippen LogP contribution is -2.54. The number of pyridine rings is 1.